The molecule has 0 saturated carbocycles. The average molecular weight is 279 g/mol. The summed E-state index contributed by atoms with van der Waals surface area (Å²) < 4.78 is 0. The lowest BCUT2D eigenvalue weighted by Gasteiger charge is -2.29. The highest BCUT2D eigenvalue weighted by atomic mass is 32.2. The van der Waals surface area contributed by atoms with Crippen LogP contribution < -0.4 is 16.0 Å². The molecule has 2 atom stereocenters. The Morgan fingerprint density at radius 3 is 2.89 bits per heavy atom. The maximum atomic E-state index is 11.6. The van der Waals surface area contributed by atoms with Crippen molar-refractivity contribution in [1.82, 2.24) is 0 Å². The van der Waals surface area contributed by atoms with Crippen molar-refractivity contribution in [3.05, 3.63) is 23.8 Å². The number of thioether (sulfide) groups is 1. The third-order valence-corrected chi connectivity index (χ3v) is 4.42. The normalized spacial score (nSPS) is 18.9. The summed E-state index contributed by atoms with van der Waals surface area (Å²) in [6, 6.07) is 5.99. The van der Waals surface area contributed by atoms with Gasteiger partial charge in [-0.3, -0.25) is 4.79 Å². The van der Waals surface area contributed by atoms with Crippen molar-refractivity contribution in [1.29, 1.82) is 0 Å². The maximum Gasteiger partial charge on any atom is 0.245 e. The Labute approximate surface area is 118 Å². The predicted octanol–water partition coefficient (Wildman–Crippen LogP) is 2.22. The monoisotopic (exact) mass is 279 g/mol. The smallest absolute Gasteiger partial charge is 0.245 e. The van der Waals surface area contributed by atoms with Gasteiger partial charge in [-0.2, -0.15) is 11.8 Å². The number of anilines is 2. The fourth-order valence-electron chi connectivity index (χ4n) is 2.40. The fourth-order valence-corrected chi connectivity index (χ4v) is 3.25. The van der Waals surface area contributed by atoms with Crippen LogP contribution in [0, 0.1) is 0 Å². The third kappa shape index (κ3) is 2.72. The quantitative estimate of drug-likeness (QED) is 0.867. The van der Waals surface area contributed by atoms with Gasteiger partial charge in [-0.15, -0.1) is 0 Å². The predicted molar refractivity (Wildman–Crippen MR) is 82.9 cm³/mol. The minimum Gasteiger partial charge on any atom is -0.371 e. The zero-order valence-corrected chi connectivity index (χ0v) is 12.5. The molecular formula is C14H21N3OS. The van der Waals surface area contributed by atoms with Crippen LogP contribution in [0.25, 0.3) is 0 Å². The number of benzene rings is 1. The Morgan fingerprint density at radius 2 is 2.26 bits per heavy atom. The molecule has 1 aliphatic rings. The van der Waals surface area contributed by atoms with E-state index in [1.807, 2.05) is 30.0 Å². The van der Waals surface area contributed by atoms with Crippen molar-refractivity contribution in [2.24, 2.45) is 5.73 Å². The Hall–Kier alpha value is -1.20. The highest BCUT2D eigenvalue weighted by molar-refractivity contribution is 7.98. The molecule has 0 spiro atoms. The lowest BCUT2D eigenvalue weighted by Crippen LogP contribution is -2.33. The molecule has 1 heterocycles. The molecule has 1 aromatic rings. The topological polar surface area (TPSA) is 58.4 Å². The number of carbonyl (C=O) groups is 1. The molecule has 0 fully saturated rings. The molecular weight excluding hydrogens is 258 g/mol. The highest BCUT2D eigenvalue weighted by Gasteiger charge is 2.27. The average Bonchev–Trinajstić information content (AvgIpc) is 2.70. The molecule has 0 radical (unpaired) electrons. The number of amides is 1. The van der Waals surface area contributed by atoms with Gasteiger partial charge < -0.3 is 16.0 Å². The Kier molecular flexibility index (Phi) is 4.37. The van der Waals surface area contributed by atoms with Crippen LogP contribution in [0.4, 0.5) is 11.4 Å². The molecule has 1 aliphatic heterocycles. The molecule has 19 heavy (non-hydrogen) atoms. The molecule has 3 N–H and O–H groups in total. The standard InChI is InChI=1S/C14H21N3OS/c1-4-9(8-19-3)17(2)10-5-6-11-12(7-10)16-14(18)13(11)15/h5-7,9,13H,4,8,15H2,1-3H3,(H,16,18). The van der Waals surface area contributed by atoms with E-state index in [9.17, 15) is 4.79 Å². The van der Waals surface area contributed by atoms with Crippen molar-refractivity contribution >= 4 is 29.0 Å². The number of fused-ring (bicyclic) bond motifs is 1. The number of hydrogen-bond donors (Lipinski definition) is 2. The molecule has 0 aliphatic carbocycles. The van der Waals surface area contributed by atoms with Crippen LogP contribution in [0.15, 0.2) is 18.2 Å². The fraction of sp³-hybridized carbons (Fsp3) is 0.500. The van der Waals surface area contributed by atoms with Gasteiger partial charge in [0, 0.05) is 35.8 Å². The van der Waals surface area contributed by atoms with Gasteiger partial charge in [0.1, 0.15) is 6.04 Å². The van der Waals surface area contributed by atoms with Gasteiger partial charge in [-0.25, -0.2) is 0 Å². The van der Waals surface area contributed by atoms with E-state index in [0.29, 0.717) is 6.04 Å². The maximum absolute atomic E-state index is 11.6. The molecule has 2 rings (SSSR count). The summed E-state index contributed by atoms with van der Waals surface area (Å²) in [6.07, 6.45) is 3.22. The van der Waals surface area contributed by atoms with E-state index in [1.165, 1.54) is 0 Å². The zero-order chi connectivity index (χ0) is 14.0. The van der Waals surface area contributed by atoms with Gasteiger partial charge >= 0.3 is 0 Å². The van der Waals surface area contributed by atoms with Crippen LogP contribution in [0.5, 0.6) is 0 Å². The van der Waals surface area contributed by atoms with E-state index in [-0.39, 0.29) is 5.91 Å². The van der Waals surface area contributed by atoms with Crippen LogP contribution in [0.2, 0.25) is 0 Å². The summed E-state index contributed by atoms with van der Waals surface area (Å²) in [5, 5.41) is 2.84. The van der Waals surface area contributed by atoms with Crippen LogP contribution in [-0.2, 0) is 4.79 Å². The van der Waals surface area contributed by atoms with Gasteiger partial charge in [-0.05, 0) is 24.8 Å². The Balaban J connectivity index is 2.23. The molecule has 2 unspecified atom stereocenters. The number of nitrogens with one attached hydrogen (secondary N) is 1. The molecule has 0 saturated heterocycles. The van der Waals surface area contributed by atoms with E-state index < -0.39 is 6.04 Å². The van der Waals surface area contributed by atoms with Crippen LogP contribution >= 0.6 is 11.8 Å². The number of nitrogens with zero attached hydrogens (tertiary/aromatic N) is 1. The van der Waals surface area contributed by atoms with Gasteiger partial charge in [0.05, 0.1) is 0 Å². The van der Waals surface area contributed by atoms with E-state index in [2.05, 4.69) is 30.4 Å². The van der Waals surface area contributed by atoms with Crippen molar-refractivity contribution in [3.63, 3.8) is 0 Å². The first kappa shape index (κ1) is 14.2. The van der Waals surface area contributed by atoms with Crippen molar-refractivity contribution in [2.45, 2.75) is 25.4 Å². The van der Waals surface area contributed by atoms with Gasteiger partial charge in [-0.1, -0.05) is 13.0 Å². The Morgan fingerprint density at radius 1 is 1.53 bits per heavy atom. The van der Waals surface area contributed by atoms with E-state index >= 15 is 0 Å². The summed E-state index contributed by atoms with van der Waals surface area (Å²) in [5.41, 5.74) is 8.68. The summed E-state index contributed by atoms with van der Waals surface area (Å²) in [6.45, 7) is 2.20. The molecule has 0 bridgehead atoms. The molecule has 0 aromatic heterocycles. The molecule has 1 amide bonds. The number of rotatable bonds is 5. The van der Waals surface area contributed by atoms with Gasteiger partial charge in [0.2, 0.25) is 5.91 Å². The van der Waals surface area contributed by atoms with E-state index in [0.717, 1.165) is 29.1 Å². The molecule has 104 valence electrons. The van der Waals surface area contributed by atoms with Crippen molar-refractivity contribution in [3.8, 4) is 0 Å². The second kappa shape index (κ2) is 5.84. The van der Waals surface area contributed by atoms with E-state index in [1.54, 1.807) is 0 Å². The number of nitrogens with two attached hydrogens (primary N) is 1. The minimum absolute atomic E-state index is 0.119. The highest BCUT2D eigenvalue weighted by Crippen LogP contribution is 2.33. The molecule has 4 nitrogen and oxygen atoms in total. The molecule has 5 heteroatoms. The first-order valence-electron chi connectivity index (χ1n) is 6.50. The lowest BCUT2D eigenvalue weighted by molar-refractivity contribution is -0.116. The summed E-state index contributed by atoms with van der Waals surface area (Å²) in [5.74, 6) is 0.974. The van der Waals surface area contributed by atoms with Crippen molar-refractivity contribution < 1.29 is 4.79 Å². The number of hydrogen-bond acceptors (Lipinski definition) is 4. The zero-order valence-electron chi connectivity index (χ0n) is 11.6. The third-order valence-electron chi connectivity index (χ3n) is 3.70. The van der Waals surface area contributed by atoms with Crippen molar-refractivity contribution in [2.75, 3.05) is 29.3 Å². The van der Waals surface area contributed by atoms with Gasteiger partial charge in [0.25, 0.3) is 0 Å². The van der Waals surface area contributed by atoms with E-state index in [4.69, 9.17) is 5.73 Å². The van der Waals surface area contributed by atoms with Crippen LogP contribution in [-0.4, -0.2) is 31.0 Å². The SMILES string of the molecule is CCC(CSC)N(C)c1ccc2c(c1)NC(=O)C2N. The first-order chi connectivity index (χ1) is 9.08. The van der Waals surface area contributed by atoms with Gasteiger partial charge in [0.15, 0.2) is 0 Å². The first-order valence-corrected chi connectivity index (χ1v) is 7.90. The summed E-state index contributed by atoms with van der Waals surface area (Å²) in [7, 11) is 2.10. The lowest BCUT2D eigenvalue weighted by atomic mass is 10.1. The number of carbonyl (C=O) groups excluding carboxylic acids is 1. The summed E-state index contributed by atoms with van der Waals surface area (Å²) in [4.78, 5) is 13.8. The largest absolute Gasteiger partial charge is 0.371 e. The molecule has 1 aromatic carbocycles. The second-order valence-corrected chi connectivity index (χ2v) is 5.78. The Bertz CT molecular complexity index is 478. The minimum atomic E-state index is -0.525. The van der Waals surface area contributed by atoms with Crippen LogP contribution in [0.1, 0.15) is 24.9 Å². The summed E-state index contributed by atoms with van der Waals surface area (Å²) >= 11 is 1.85. The van der Waals surface area contributed by atoms with Crippen LogP contribution in [0.3, 0.4) is 0 Å². The second-order valence-electron chi connectivity index (χ2n) is 4.87.